The first kappa shape index (κ1) is 10.9. The van der Waals surface area contributed by atoms with Gasteiger partial charge in [0.2, 0.25) is 5.91 Å². The summed E-state index contributed by atoms with van der Waals surface area (Å²) in [5.41, 5.74) is 0. The van der Waals surface area contributed by atoms with Gasteiger partial charge in [0.15, 0.2) is 0 Å². The fourth-order valence-electron chi connectivity index (χ4n) is 0.769. The van der Waals surface area contributed by atoms with Crippen molar-refractivity contribution in [3.63, 3.8) is 0 Å². The normalized spacial score (nSPS) is 12.2. The molecular formula is C9H10ClFN2O. The van der Waals surface area contributed by atoms with E-state index < -0.39 is 5.82 Å². The number of amides is 1. The molecule has 0 saturated carbocycles. The molecule has 76 valence electrons. The van der Waals surface area contributed by atoms with Crippen LogP contribution in [0.25, 0.3) is 0 Å². The van der Waals surface area contributed by atoms with Gasteiger partial charge < -0.3 is 5.32 Å². The molecule has 0 aliphatic heterocycles. The first-order chi connectivity index (χ1) is 6.63. The highest BCUT2D eigenvalue weighted by molar-refractivity contribution is 6.19. The van der Waals surface area contributed by atoms with Crippen LogP contribution >= 0.6 is 11.6 Å². The van der Waals surface area contributed by atoms with Crippen molar-refractivity contribution < 1.29 is 9.18 Å². The number of pyridine rings is 1. The van der Waals surface area contributed by atoms with E-state index in [-0.39, 0.29) is 17.7 Å². The van der Waals surface area contributed by atoms with E-state index in [4.69, 9.17) is 11.6 Å². The summed E-state index contributed by atoms with van der Waals surface area (Å²) in [5, 5.41) is 2.52. The van der Waals surface area contributed by atoms with Gasteiger partial charge >= 0.3 is 0 Å². The number of nitrogens with one attached hydrogen (secondary N) is 1. The van der Waals surface area contributed by atoms with E-state index in [2.05, 4.69) is 10.3 Å². The van der Waals surface area contributed by atoms with E-state index in [0.29, 0.717) is 5.82 Å². The van der Waals surface area contributed by atoms with E-state index >= 15 is 0 Å². The minimum Gasteiger partial charge on any atom is -0.310 e. The molecule has 0 aliphatic carbocycles. The molecule has 0 fully saturated rings. The molecule has 0 saturated heterocycles. The number of hydrogen-bond acceptors (Lipinski definition) is 2. The van der Waals surface area contributed by atoms with Crippen LogP contribution in [0, 0.1) is 11.7 Å². The van der Waals surface area contributed by atoms with Gasteiger partial charge in [0.25, 0.3) is 0 Å². The average Bonchev–Trinajstić information content (AvgIpc) is 2.20. The summed E-state index contributed by atoms with van der Waals surface area (Å²) >= 11 is 5.50. The maximum atomic E-state index is 12.5. The van der Waals surface area contributed by atoms with Gasteiger partial charge in [-0.2, -0.15) is 0 Å². The van der Waals surface area contributed by atoms with E-state index in [0.717, 1.165) is 6.20 Å². The highest BCUT2D eigenvalue weighted by atomic mass is 35.5. The van der Waals surface area contributed by atoms with E-state index in [1.807, 2.05) is 0 Å². The van der Waals surface area contributed by atoms with Crippen molar-refractivity contribution in [1.82, 2.24) is 4.98 Å². The van der Waals surface area contributed by atoms with Crippen LogP contribution in [0.15, 0.2) is 18.3 Å². The fraction of sp³-hybridized carbons (Fsp3) is 0.333. The summed E-state index contributed by atoms with van der Waals surface area (Å²) in [6.45, 7) is 1.70. The maximum absolute atomic E-state index is 12.5. The number of anilines is 1. The van der Waals surface area contributed by atoms with E-state index in [1.165, 1.54) is 12.1 Å². The molecule has 0 aliphatic rings. The zero-order valence-corrected chi connectivity index (χ0v) is 8.38. The molecule has 5 heteroatoms. The lowest BCUT2D eigenvalue weighted by Crippen LogP contribution is -2.21. The van der Waals surface area contributed by atoms with Gasteiger partial charge in [-0.25, -0.2) is 9.37 Å². The lowest BCUT2D eigenvalue weighted by molar-refractivity contribution is -0.118. The minimum atomic E-state index is -0.437. The van der Waals surface area contributed by atoms with E-state index in [1.54, 1.807) is 6.92 Å². The fourth-order valence-corrected chi connectivity index (χ4v) is 0.909. The first-order valence-electron chi connectivity index (χ1n) is 4.12. The smallest absolute Gasteiger partial charge is 0.229 e. The van der Waals surface area contributed by atoms with E-state index in [9.17, 15) is 9.18 Å². The average molecular weight is 217 g/mol. The molecule has 0 aromatic carbocycles. The zero-order chi connectivity index (χ0) is 10.6. The Morgan fingerprint density at radius 3 is 2.93 bits per heavy atom. The van der Waals surface area contributed by atoms with Crippen molar-refractivity contribution in [1.29, 1.82) is 0 Å². The molecule has 1 atom stereocenters. The second-order valence-corrected chi connectivity index (χ2v) is 3.21. The third-order valence-electron chi connectivity index (χ3n) is 1.66. The van der Waals surface area contributed by atoms with Crippen LogP contribution in [-0.4, -0.2) is 16.8 Å². The van der Waals surface area contributed by atoms with Crippen molar-refractivity contribution in [2.45, 2.75) is 6.92 Å². The van der Waals surface area contributed by atoms with Crippen molar-refractivity contribution in [3.05, 3.63) is 24.1 Å². The SMILES string of the molecule is CC(CCl)C(=O)Nc1ccc(F)cn1. The topological polar surface area (TPSA) is 42.0 Å². The molecule has 1 amide bonds. The first-order valence-corrected chi connectivity index (χ1v) is 4.65. The van der Waals surface area contributed by atoms with Gasteiger partial charge in [0.1, 0.15) is 11.6 Å². The molecule has 1 aromatic rings. The summed E-state index contributed by atoms with van der Waals surface area (Å²) in [7, 11) is 0. The standard InChI is InChI=1S/C9H10ClFN2O/c1-6(4-10)9(14)13-8-3-2-7(11)5-12-8/h2-3,5-6H,4H2,1H3,(H,12,13,14). The Bertz CT molecular complexity index is 315. The summed E-state index contributed by atoms with van der Waals surface area (Å²) in [4.78, 5) is 15.0. The molecule has 1 heterocycles. The van der Waals surface area contributed by atoms with Crippen molar-refractivity contribution in [2.24, 2.45) is 5.92 Å². The molecular weight excluding hydrogens is 207 g/mol. The molecule has 0 bridgehead atoms. The number of aromatic nitrogens is 1. The molecule has 1 unspecified atom stereocenters. The van der Waals surface area contributed by atoms with Crippen molar-refractivity contribution >= 4 is 23.3 Å². The Labute approximate surface area is 86.3 Å². The molecule has 0 spiro atoms. The van der Waals surface area contributed by atoms with Crippen LogP contribution in [0.1, 0.15) is 6.92 Å². The Hall–Kier alpha value is -1.16. The van der Waals surface area contributed by atoms with Crippen LogP contribution in [0.4, 0.5) is 10.2 Å². The number of halogens is 2. The zero-order valence-electron chi connectivity index (χ0n) is 7.63. The number of rotatable bonds is 3. The van der Waals surface area contributed by atoms with Gasteiger partial charge in [0, 0.05) is 11.8 Å². The van der Waals surface area contributed by atoms with Crippen molar-refractivity contribution in [2.75, 3.05) is 11.2 Å². The van der Waals surface area contributed by atoms with Gasteiger partial charge in [0.05, 0.1) is 6.20 Å². The quantitative estimate of drug-likeness (QED) is 0.786. The second kappa shape index (κ2) is 4.91. The molecule has 14 heavy (non-hydrogen) atoms. The highest BCUT2D eigenvalue weighted by Crippen LogP contribution is 2.06. The number of carbonyl (C=O) groups is 1. The summed E-state index contributed by atoms with van der Waals surface area (Å²) < 4.78 is 12.5. The number of nitrogens with zero attached hydrogens (tertiary/aromatic N) is 1. The number of hydrogen-bond donors (Lipinski definition) is 1. The Balaban J connectivity index is 2.60. The van der Waals surface area contributed by atoms with Crippen LogP contribution in [0.5, 0.6) is 0 Å². The summed E-state index contributed by atoms with van der Waals surface area (Å²) in [6.07, 6.45) is 1.04. The summed E-state index contributed by atoms with van der Waals surface area (Å²) in [6, 6.07) is 2.63. The lowest BCUT2D eigenvalue weighted by atomic mass is 10.2. The van der Waals surface area contributed by atoms with Crippen LogP contribution < -0.4 is 5.32 Å². The van der Waals surface area contributed by atoms with Crippen molar-refractivity contribution in [3.8, 4) is 0 Å². The monoisotopic (exact) mass is 216 g/mol. The Kier molecular flexibility index (Phi) is 3.83. The molecule has 1 N–H and O–H groups in total. The van der Waals surface area contributed by atoms with Gasteiger partial charge in [-0.1, -0.05) is 6.92 Å². The second-order valence-electron chi connectivity index (χ2n) is 2.91. The lowest BCUT2D eigenvalue weighted by Gasteiger charge is -2.07. The third-order valence-corrected chi connectivity index (χ3v) is 2.12. The summed E-state index contributed by atoms with van der Waals surface area (Å²) in [5.74, 6) is -0.378. The van der Waals surface area contributed by atoms with Gasteiger partial charge in [-0.15, -0.1) is 11.6 Å². The number of carbonyl (C=O) groups excluding carboxylic acids is 1. The van der Waals surface area contributed by atoms with Crippen LogP contribution in [0.3, 0.4) is 0 Å². The molecule has 1 aromatic heterocycles. The largest absolute Gasteiger partial charge is 0.310 e. The van der Waals surface area contributed by atoms with Crippen LogP contribution in [0.2, 0.25) is 0 Å². The predicted octanol–water partition coefficient (Wildman–Crippen LogP) is 2.03. The highest BCUT2D eigenvalue weighted by Gasteiger charge is 2.11. The van der Waals surface area contributed by atoms with Crippen LogP contribution in [-0.2, 0) is 4.79 Å². The Morgan fingerprint density at radius 1 is 1.71 bits per heavy atom. The van der Waals surface area contributed by atoms with Gasteiger partial charge in [-0.05, 0) is 12.1 Å². The minimum absolute atomic E-state index is 0.223. The molecule has 0 radical (unpaired) electrons. The Morgan fingerprint density at radius 2 is 2.43 bits per heavy atom. The molecule has 3 nitrogen and oxygen atoms in total. The number of alkyl halides is 1. The molecule has 1 rings (SSSR count). The maximum Gasteiger partial charge on any atom is 0.229 e. The predicted molar refractivity (Wildman–Crippen MR) is 52.7 cm³/mol. The third kappa shape index (κ3) is 2.96. The van der Waals surface area contributed by atoms with Gasteiger partial charge in [-0.3, -0.25) is 4.79 Å².